The molecule has 0 spiro atoms. The molecule has 1 fully saturated rings. The number of anilines is 1. The van der Waals surface area contributed by atoms with Gasteiger partial charge in [-0.25, -0.2) is 0 Å². The van der Waals surface area contributed by atoms with Crippen molar-refractivity contribution in [2.75, 3.05) is 24.5 Å². The van der Waals surface area contributed by atoms with Crippen LogP contribution in [0.5, 0.6) is 0 Å². The molecule has 0 bridgehead atoms. The van der Waals surface area contributed by atoms with Gasteiger partial charge in [0, 0.05) is 19.1 Å². The van der Waals surface area contributed by atoms with Gasteiger partial charge < -0.3 is 9.80 Å². The summed E-state index contributed by atoms with van der Waals surface area (Å²) in [5.41, 5.74) is 1.98. The maximum Gasteiger partial charge on any atom is 0.201 e. The van der Waals surface area contributed by atoms with E-state index in [4.69, 9.17) is 23.2 Å². The van der Waals surface area contributed by atoms with Gasteiger partial charge in [0.25, 0.3) is 0 Å². The zero-order valence-corrected chi connectivity index (χ0v) is 13.4. The maximum absolute atomic E-state index is 6.43. The lowest BCUT2D eigenvalue weighted by Crippen LogP contribution is -2.53. The van der Waals surface area contributed by atoms with Crippen molar-refractivity contribution in [2.45, 2.75) is 32.7 Å². The van der Waals surface area contributed by atoms with Crippen LogP contribution < -0.4 is 4.90 Å². The fourth-order valence-corrected chi connectivity index (χ4v) is 3.96. The van der Waals surface area contributed by atoms with Gasteiger partial charge in [-0.05, 0) is 37.5 Å². The van der Waals surface area contributed by atoms with Crippen molar-refractivity contribution in [3.8, 4) is 0 Å². The molecule has 0 N–H and O–H groups in total. The molecule has 0 radical (unpaired) electrons. The quantitative estimate of drug-likeness (QED) is 0.823. The fourth-order valence-electron chi connectivity index (χ4n) is 3.16. The predicted molar refractivity (Wildman–Crippen MR) is 86.2 cm³/mol. The van der Waals surface area contributed by atoms with Crippen LogP contribution in [0, 0.1) is 6.92 Å². The van der Waals surface area contributed by atoms with Crippen molar-refractivity contribution in [1.82, 2.24) is 4.90 Å². The van der Waals surface area contributed by atoms with Gasteiger partial charge in [0.05, 0.1) is 22.3 Å². The molecule has 0 saturated carbocycles. The first kappa shape index (κ1) is 14.0. The third kappa shape index (κ3) is 2.27. The third-order valence-electron chi connectivity index (χ3n) is 4.12. The van der Waals surface area contributed by atoms with E-state index < -0.39 is 0 Å². The molecule has 108 valence electrons. The standard InChI is InChI=1S/C15H19Cl2N3/c1-3-11-4-6-20(15-18-5-7-19(11)15)14-12(16)8-10(2)9-13(14)17/h8-9,11H,3-7H2,1-2H3. The number of rotatable bonds is 2. The van der Waals surface area contributed by atoms with Crippen molar-refractivity contribution < 1.29 is 0 Å². The normalized spacial score (nSPS) is 22.0. The summed E-state index contributed by atoms with van der Waals surface area (Å²) in [6, 6.07) is 4.53. The minimum absolute atomic E-state index is 0.593. The molecule has 1 unspecified atom stereocenters. The SMILES string of the molecule is CCC1CCN(c2c(Cl)cc(C)cc2Cl)C2=NCCN21. The lowest BCUT2D eigenvalue weighted by atomic mass is 10.1. The molecule has 1 atom stereocenters. The number of guanidine groups is 1. The summed E-state index contributed by atoms with van der Waals surface area (Å²) in [7, 11) is 0. The van der Waals surface area contributed by atoms with Gasteiger partial charge in [0.1, 0.15) is 0 Å². The van der Waals surface area contributed by atoms with Crippen LogP contribution in [0.15, 0.2) is 17.1 Å². The second-order valence-electron chi connectivity index (χ2n) is 5.45. The molecule has 2 aliphatic heterocycles. The first-order chi connectivity index (χ1) is 9.61. The topological polar surface area (TPSA) is 18.8 Å². The Bertz CT molecular complexity index is 533. The Kier molecular flexibility index (Phi) is 3.83. The maximum atomic E-state index is 6.43. The number of hydrogen-bond acceptors (Lipinski definition) is 3. The molecule has 0 aromatic heterocycles. The highest BCUT2D eigenvalue weighted by Gasteiger charge is 2.35. The largest absolute Gasteiger partial charge is 0.338 e. The minimum Gasteiger partial charge on any atom is -0.338 e. The van der Waals surface area contributed by atoms with Crippen molar-refractivity contribution >= 4 is 34.8 Å². The first-order valence-electron chi connectivity index (χ1n) is 7.16. The number of hydrogen-bond donors (Lipinski definition) is 0. The molecule has 2 aliphatic rings. The van der Waals surface area contributed by atoms with Crippen LogP contribution in [0.4, 0.5) is 5.69 Å². The molecular formula is C15H19Cl2N3. The van der Waals surface area contributed by atoms with Gasteiger partial charge in [0.2, 0.25) is 5.96 Å². The van der Waals surface area contributed by atoms with Crippen LogP contribution in [0.25, 0.3) is 0 Å². The molecule has 1 aromatic rings. The van der Waals surface area contributed by atoms with E-state index in [0.29, 0.717) is 16.1 Å². The second kappa shape index (κ2) is 5.45. The summed E-state index contributed by atoms with van der Waals surface area (Å²) in [5, 5.41) is 1.42. The van der Waals surface area contributed by atoms with E-state index in [2.05, 4.69) is 21.7 Å². The molecule has 1 saturated heterocycles. The van der Waals surface area contributed by atoms with E-state index in [-0.39, 0.29) is 0 Å². The van der Waals surface area contributed by atoms with Crippen LogP contribution in [-0.4, -0.2) is 36.5 Å². The molecule has 20 heavy (non-hydrogen) atoms. The van der Waals surface area contributed by atoms with Gasteiger partial charge in [0.15, 0.2) is 0 Å². The first-order valence-corrected chi connectivity index (χ1v) is 7.91. The number of halogens is 2. The zero-order chi connectivity index (χ0) is 14.3. The third-order valence-corrected chi connectivity index (χ3v) is 4.70. The summed E-state index contributed by atoms with van der Waals surface area (Å²) < 4.78 is 0. The van der Waals surface area contributed by atoms with E-state index in [1.54, 1.807) is 0 Å². The Morgan fingerprint density at radius 3 is 2.60 bits per heavy atom. The van der Waals surface area contributed by atoms with Crippen LogP contribution in [0.3, 0.4) is 0 Å². The highest BCUT2D eigenvalue weighted by Crippen LogP contribution is 2.38. The molecular weight excluding hydrogens is 293 g/mol. The van der Waals surface area contributed by atoms with E-state index in [0.717, 1.165) is 49.7 Å². The Morgan fingerprint density at radius 2 is 1.95 bits per heavy atom. The lowest BCUT2D eigenvalue weighted by molar-refractivity contribution is 0.289. The molecule has 0 amide bonds. The van der Waals surface area contributed by atoms with Crippen LogP contribution in [0.1, 0.15) is 25.3 Å². The van der Waals surface area contributed by atoms with Crippen molar-refractivity contribution in [2.24, 2.45) is 4.99 Å². The van der Waals surface area contributed by atoms with Gasteiger partial charge in [-0.2, -0.15) is 0 Å². The number of benzene rings is 1. The average Bonchev–Trinajstić information content (AvgIpc) is 2.87. The van der Waals surface area contributed by atoms with Crippen molar-refractivity contribution in [3.63, 3.8) is 0 Å². The number of nitrogens with zero attached hydrogens (tertiary/aromatic N) is 3. The highest BCUT2D eigenvalue weighted by atomic mass is 35.5. The van der Waals surface area contributed by atoms with Crippen molar-refractivity contribution in [1.29, 1.82) is 0 Å². The van der Waals surface area contributed by atoms with E-state index in [9.17, 15) is 0 Å². The second-order valence-corrected chi connectivity index (χ2v) is 6.27. The van der Waals surface area contributed by atoms with Gasteiger partial charge >= 0.3 is 0 Å². The zero-order valence-electron chi connectivity index (χ0n) is 11.9. The summed E-state index contributed by atoms with van der Waals surface area (Å²) in [5.74, 6) is 1.04. The molecule has 2 heterocycles. The lowest BCUT2D eigenvalue weighted by Gasteiger charge is -2.42. The van der Waals surface area contributed by atoms with Gasteiger partial charge in [-0.1, -0.05) is 30.1 Å². The Balaban J connectivity index is 1.99. The van der Waals surface area contributed by atoms with Gasteiger partial charge in [-0.15, -0.1) is 0 Å². The number of aliphatic imine (C=N–C) groups is 1. The predicted octanol–water partition coefficient (Wildman–Crippen LogP) is 3.96. The fraction of sp³-hybridized carbons (Fsp3) is 0.533. The van der Waals surface area contributed by atoms with E-state index in [1.807, 2.05) is 19.1 Å². The monoisotopic (exact) mass is 311 g/mol. The molecule has 5 heteroatoms. The van der Waals surface area contributed by atoms with Crippen LogP contribution in [0.2, 0.25) is 10.0 Å². The average molecular weight is 312 g/mol. The van der Waals surface area contributed by atoms with E-state index in [1.165, 1.54) is 0 Å². The van der Waals surface area contributed by atoms with Crippen LogP contribution in [-0.2, 0) is 0 Å². The molecule has 3 rings (SSSR count). The Hall–Kier alpha value is -0.930. The van der Waals surface area contributed by atoms with Gasteiger partial charge in [-0.3, -0.25) is 4.99 Å². The molecule has 3 nitrogen and oxygen atoms in total. The summed E-state index contributed by atoms with van der Waals surface area (Å²) in [6.45, 7) is 7.04. The van der Waals surface area contributed by atoms with E-state index >= 15 is 0 Å². The molecule has 1 aromatic carbocycles. The number of fused-ring (bicyclic) bond motifs is 1. The summed E-state index contributed by atoms with van der Waals surface area (Å²) in [6.07, 6.45) is 2.28. The number of aryl methyl sites for hydroxylation is 1. The molecule has 0 aliphatic carbocycles. The highest BCUT2D eigenvalue weighted by molar-refractivity contribution is 6.40. The smallest absolute Gasteiger partial charge is 0.201 e. The van der Waals surface area contributed by atoms with Crippen LogP contribution >= 0.6 is 23.2 Å². The Morgan fingerprint density at radius 1 is 1.25 bits per heavy atom. The minimum atomic E-state index is 0.593. The summed E-state index contributed by atoms with van der Waals surface area (Å²) in [4.78, 5) is 9.25. The van der Waals surface area contributed by atoms with Crippen molar-refractivity contribution in [3.05, 3.63) is 27.7 Å². The Labute approximate surface area is 130 Å². The summed E-state index contributed by atoms with van der Waals surface area (Å²) >= 11 is 12.9.